The van der Waals surface area contributed by atoms with Gasteiger partial charge in [-0.3, -0.25) is 4.98 Å². The molecule has 0 atom stereocenters. The monoisotopic (exact) mass is 471 g/mol. The van der Waals surface area contributed by atoms with Crippen molar-refractivity contribution in [1.82, 2.24) is 20.1 Å². The van der Waals surface area contributed by atoms with Crippen molar-refractivity contribution in [3.63, 3.8) is 0 Å². The number of anilines is 1. The number of pyridine rings is 3. The van der Waals surface area contributed by atoms with Crippen LogP contribution in [0, 0.1) is 6.92 Å². The van der Waals surface area contributed by atoms with Crippen LogP contribution in [0.1, 0.15) is 22.5 Å². The number of nitrogen functional groups attached to an aromatic ring is 1. The van der Waals surface area contributed by atoms with Gasteiger partial charge in [-0.25, -0.2) is 9.97 Å². The molecule has 34 heavy (non-hydrogen) atoms. The topological polar surface area (TPSA) is 109 Å². The van der Waals surface area contributed by atoms with Crippen molar-refractivity contribution in [2.75, 3.05) is 12.3 Å². The van der Waals surface area contributed by atoms with E-state index in [-0.39, 0.29) is 12.4 Å². The zero-order chi connectivity index (χ0) is 24.1. The second-order valence-electron chi connectivity index (χ2n) is 7.37. The van der Waals surface area contributed by atoms with Crippen molar-refractivity contribution in [2.45, 2.75) is 26.1 Å². The van der Waals surface area contributed by atoms with Crippen molar-refractivity contribution in [1.29, 1.82) is 0 Å². The quantitative estimate of drug-likeness (QED) is 0.399. The molecule has 4 aromatic rings. The van der Waals surface area contributed by atoms with Crippen molar-refractivity contribution in [3.8, 4) is 23.0 Å². The fourth-order valence-corrected chi connectivity index (χ4v) is 3.12. The first-order chi connectivity index (χ1) is 16.3. The molecular formula is C23H20F3N5O3. The van der Waals surface area contributed by atoms with E-state index in [1.165, 1.54) is 12.3 Å². The van der Waals surface area contributed by atoms with Crippen LogP contribution in [0.5, 0.6) is 11.6 Å². The van der Waals surface area contributed by atoms with Crippen LogP contribution in [0.4, 0.5) is 19.0 Å². The third kappa shape index (κ3) is 5.80. The number of ether oxygens (including phenoxy) is 2. The Balaban J connectivity index is 1.36. The minimum atomic E-state index is -4.42. The molecule has 0 saturated carbocycles. The summed E-state index contributed by atoms with van der Waals surface area (Å²) in [7, 11) is 0. The number of rotatable bonds is 8. The Kier molecular flexibility index (Phi) is 6.62. The van der Waals surface area contributed by atoms with Crippen molar-refractivity contribution in [3.05, 3.63) is 77.5 Å². The Morgan fingerprint density at radius 1 is 1.03 bits per heavy atom. The molecule has 0 aliphatic heterocycles. The Morgan fingerprint density at radius 3 is 2.62 bits per heavy atom. The molecule has 0 amide bonds. The van der Waals surface area contributed by atoms with Gasteiger partial charge >= 0.3 is 6.18 Å². The van der Waals surface area contributed by atoms with E-state index in [9.17, 15) is 13.2 Å². The first kappa shape index (κ1) is 23.0. The van der Waals surface area contributed by atoms with Crippen LogP contribution < -0.4 is 15.2 Å². The molecule has 0 unspecified atom stereocenters. The van der Waals surface area contributed by atoms with Gasteiger partial charge in [0, 0.05) is 42.7 Å². The molecule has 8 nitrogen and oxygen atoms in total. The van der Waals surface area contributed by atoms with E-state index in [0.29, 0.717) is 46.4 Å². The summed E-state index contributed by atoms with van der Waals surface area (Å²) in [4.78, 5) is 12.5. The van der Waals surface area contributed by atoms with Crippen LogP contribution in [0.2, 0.25) is 0 Å². The maximum absolute atomic E-state index is 12.4. The van der Waals surface area contributed by atoms with Crippen molar-refractivity contribution in [2.24, 2.45) is 0 Å². The van der Waals surface area contributed by atoms with Gasteiger partial charge in [0.1, 0.15) is 18.2 Å². The molecule has 0 aliphatic rings. The van der Waals surface area contributed by atoms with E-state index in [0.717, 1.165) is 5.56 Å². The highest BCUT2D eigenvalue weighted by Crippen LogP contribution is 2.26. The lowest BCUT2D eigenvalue weighted by atomic mass is 10.1. The average Bonchev–Trinajstić information content (AvgIpc) is 3.26. The van der Waals surface area contributed by atoms with Crippen LogP contribution in [-0.2, 0) is 13.0 Å². The summed E-state index contributed by atoms with van der Waals surface area (Å²) >= 11 is 0. The first-order valence-corrected chi connectivity index (χ1v) is 10.2. The molecule has 2 N–H and O–H groups in total. The minimum absolute atomic E-state index is 0.0284. The van der Waals surface area contributed by atoms with E-state index in [1.54, 1.807) is 43.6 Å². The summed E-state index contributed by atoms with van der Waals surface area (Å²) < 4.78 is 53.1. The number of nitrogens with two attached hydrogens (primary N) is 1. The second-order valence-corrected chi connectivity index (χ2v) is 7.37. The SMILES string of the molecule is Cc1c(OCC(F)(F)F)ccnc1COc1ccc(Cc2cc(-c3cccnc3N)on2)cn1. The predicted molar refractivity (Wildman–Crippen MR) is 116 cm³/mol. The molecular weight excluding hydrogens is 451 g/mol. The third-order valence-electron chi connectivity index (χ3n) is 4.85. The lowest BCUT2D eigenvalue weighted by Gasteiger charge is -2.13. The van der Waals surface area contributed by atoms with Gasteiger partial charge in [0.15, 0.2) is 12.4 Å². The Bertz CT molecular complexity index is 1260. The first-order valence-electron chi connectivity index (χ1n) is 10.2. The highest BCUT2D eigenvalue weighted by Gasteiger charge is 2.28. The standard InChI is InChI=1S/C23H20F3N5O3/c1-14-18(28-8-6-19(14)33-13-23(24,25)26)12-32-21-5-4-15(11-30-21)9-16-10-20(34-31-16)17-3-2-7-29-22(17)27/h2-8,10-11H,9,12-13H2,1H3,(H2,27,29). The average molecular weight is 471 g/mol. The summed E-state index contributed by atoms with van der Waals surface area (Å²) in [6.45, 7) is 0.281. The number of alkyl halides is 3. The van der Waals surface area contributed by atoms with Gasteiger partial charge in [0.05, 0.1) is 17.0 Å². The molecule has 0 aliphatic carbocycles. The van der Waals surface area contributed by atoms with Gasteiger partial charge in [-0.05, 0) is 30.7 Å². The highest BCUT2D eigenvalue weighted by atomic mass is 19.4. The van der Waals surface area contributed by atoms with Crippen LogP contribution in [-0.4, -0.2) is 32.9 Å². The second kappa shape index (κ2) is 9.77. The van der Waals surface area contributed by atoms with Crippen LogP contribution in [0.15, 0.2) is 59.5 Å². The normalized spacial score (nSPS) is 11.4. The van der Waals surface area contributed by atoms with Gasteiger partial charge in [0.2, 0.25) is 5.88 Å². The number of hydrogen-bond acceptors (Lipinski definition) is 8. The van der Waals surface area contributed by atoms with Crippen LogP contribution in [0.25, 0.3) is 11.3 Å². The smallest absolute Gasteiger partial charge is 0.422 e. The molecule has 0 aromatic carbocycles. The van der Waals surface area contributed by atoms with E-state index >= 15 is 0 Å². The fraction of sp³-hybridized carbons (Fsp3) is 0.217. The third-order valence-corrected chi connectivity index (χ3v) is 4.85. The largest absolute Gasteiger partial charge is 0.484 e. The zero-order valence-corrected chi connectivity index (χ0v) is 18.0. The number of halogens is 3. The Hall–Kier alpha value is -4.15. The van der Waals surface area contributed by atoms with E-state index in [2.05, 4.69) is 20.1 Å². The molecule has 0 fully saturated rings. The molecule has 11 heteroatoms. The van der Waals surface area contributed by atoms with E-state index < -0.39 is 12.8 Å². The summed E-state index contributed by atoms with van der Waals surface area (Å²) in [5.41, 5.74) is 9.04. The summed E-state index contributed by atoms with van der Waals surface area (Å²) in [6.07, 6.45) is 0.680. The van der Waals surface area contributed by atoms with E-state index in [1.807, 2.05) is 6.07 Å². The molecule has 0 radical (unpaired) electrons. The minimum Gasteiger partial charge on any atom is -0.484 e. The van der Waals surface area contributed by atoms with Crippen molar-refractivity contribution >= 4 is 5.82 Å². The summed E-state index contributed by atoms with van der Waals surface area (Å²) in [5, 5.41) is 4.07. The summed E-state index contributed by atoms with van der Waals surface area (Å²) in [5.74, 6) is 1.33. The van der Waals surface area contributed by atoms with Crippen LogP contribution >= 0.6 is 0 Å². The Morgan fingerprint density at radius 2 is 1.88 bits per heavy atom. The fourth-order valence-electron chi connectivity index (χ4n) is 3.12. The summed E-state index contributed by atoms with van der Waals surface area (Å²) in [6, 6.07) is 10.3. The molecule has 0 spiro atoms. The molecule has 0 bridgehead atoms. The zero-order valence-electron chi connectivity index (χ0n) is 18.0. The maximum atomic E-state index is 12.4. The van der Waals surface area contributed by atoms with Gasteiger partial charge in [-0.1, -0.05) is 11.2 Å². The van der Waals surface area contributed by atoms with Gasteiger partial charge in [-0.2, -0.15) is 13.2 Å². The van der Waals surface area contributed by atoms with Gasteiger partial charge < -0.3 is 19.7 Å². The molecule has 4 aromatic heterocycles. The molecule has 176 valence electrons. The van der Waals surface area contributed by atoms with Crippen molar-refractivity contribution < 1.29 is 27.2 Å². The maximum Gasteiger partial charge on any atom is 0.422 e. The van der Waals surface area contributed by atoms with Crippen LogP contribution in [0.3, 0.4) is 0 Å². The highest BCUT2D eigenvalue weighted by molar-refractivity contribution is 5.69. The van der Waals surface area contributed by atoms with Gasteiger partial charge in [0.25, 0.3) is 0 Å². The van der Waals surface area contributed by atoms with E-state index in [4.69, 9.17) is 19.7 Å². The molecule has 4 rings (SSSR count). The van der Waals surface area contributed by atoms with Gasteiger partial charge in [-0.15, -0.1) is 0 Å². The molecule has 4 heterocycles. The molecule has 0 saturated heterocycles. The lowest BCUT2D eigenvalue weighted by molar-refractivity contribution is -0.153. The lowest BCUT2D eigenvalue weighted by Crippen LogP contribution is -2.20. The predicted octanol–water partition coefficient (Wildman–Crippen LogP) is 4.53. The number of hydrogen-bond donors (Lipinski definition) is 1. The number of nitrogens with zero attached hydrogens (tertiary/aromatic N) is 4. The number of aromatic nitrogens is 4. The Labute approximate surface area is 192 Å².